The number of nitrogens with zero attached hydrogens (tertiary/aromatic N) is 3. The monoisotopic (exact) mass is 259 g/mol. The number of hydrogen-bond donors (Lipinski definition) is 1. The summed E-state index contributed by atoms with van der Waals surface area (Å²) in [6.45, 7) is 0. The van der Waals surface area contributed by atoms with Gasteiger partial charge in [0, 0.05) is 34.7 Å². The van der Waals surface area contributed by atoms with E-state index in [1.165, 1.54) is 0 Å². The van der Waals surface area contributed by atoms with Crippen LogP contribution in [0.3, 0.4) is 0 Å². The van der Waals surface area contributed by atoms with Gasteiger partial charge in [0.25, 0.3) is 0 Å². The first-order valence-corrected chi connectivity index (χ1v) is 6.20. The maximum Gasteiger partial charge on any atom is 0.145 e. The van der Waals surface area contributed by atoms with Crippen LogP contribution in [0.1, 0.15) is 5.56 Å². The summed E-state index contributed by atoms with van der Waals surface area (Å²) in [6, 6.07) is 11.5. The molecule has 0 spiro atoms. The summed E-state index contributed by atoms with van der Waals surface area (Å²) < 4.78 is 1.91. The van der Waals surface area contributed by atoms with Gasteiger partial charge in [0.1, 0.15) is 23.0 Å². The van der Waals surface area contributed by atoms with Gasteiger partial charge in [0.05, 0.1) is 0 Å². The second-order valence-corrected chi connectivity index (χ2v) is 4.64. The highest BCUT2D eigenvalue weighted by Crippen LogP contribution is 2.38. The third kappa shape index (κ3) is 1.21. The number of phenols is 1. The zero-order valence-electron chi connectivity index (χ0n) is 10.4. The number of pyridine rings is 1. The molecule has 0 bridgehead atoms. The van der Waals surface area contributed by atoms with Gasteiger partial charge >= 0.3 is 0 Å². The third-order valence-electron chi connectivity index (χ3n) is 3.63. The summed E-state index contributed by atoms with van der Waals surface area (Å²) in [4.78, 5) is 4.37. The molecule has 2 aromatic carbocycles. The van der Waals surface area contributed by atoms with Gasteiger partial charge in [0.15, 0.2) is 0 Å². The number of imidazole rings is 1. The molecule has 4 rings (SSSR count). The largest absolute Gasteiger partial charge is 0.506 e. The number of fused-ring (bicyclic) bond motifs is 5. The highest BCUT2D eigenvalue weighted by molar-refractivity contribution is 6.18. The Bertz CT molecular complexity index is 1020. The first-order valence-electron chi connectivity index (χ1n) is 6.20. The van der Waals surface area contributed by atoms with E-state index >= 15 is 0 Å². The molecule has 0 unspecified atom stereocenters. The van der Waals surface area contributed by atoms with Crippen molar-refractivity contribution in [1.29, 1.82) is 5.26 Å². The van der Waals surface area contributed by atoms with Crippen LogP contribution in [-0.4, -0.2) is 14.5 Å². The number of nitriles is 1. The van der Waals surface area contributed by atoms with Gasteiger partial charge in [-0.15, -0.1) is 0 Å². The lowest BCUT2D eigenvalue weighted by Crippen LogP contribution is -1.90. The molecule has 2 aromatic heterocycles. The van der Waals surface area contributed by atoms with Gasteiger partial charge in [0.2, 0.25) is 0 Å². The molecular weight excluding hydrogens is 250 g/mol. The van der Waals surface area contributed by atoms with E-state index in [0.717, 1.165) is 21.8 Å². The Morgan fingerprint density at radius 2 is 1.85 bits per heavy atom. The number of aromatic hydroxyl groups is 1. The molecular formula is C16H9N3O. The van der Waals surface area contributed by atoms with Crippen molar-refractivity contribution < 1.29 is 5.11 Å². The average Bonchev–Trinajstić information content (AvgIpc) is 2.96. The fraction of sp³-hybridized carbons (Fsp3) is 0. The number of aromatic nitrogens is 2. The van der Waals surface area contributed by atoms with Crippen molar-refractivity contribution in [2.75, 3.05) is 0 Å². The van der Waals surface area contributed by atoms with Crippen LogP contribution in [0.5, 0.6) is 5.75 Å². The van der Waals surface area contributed by atoms with E-state index in [4.69, 9.17) is 0 Å². The topological polar surface area (TPSA) is 61.3 Å². The van der Waals surface area contributed by atoms with Crippen LogP contribution in [0, 0.1) is 11.3 Å². The molecule has 20 heavy (non-hydrogen) atoms. The van der Waals surface area contributed by atoms with Crippen LogP contribution in [0.4, 0.5) is 0 Å². The van der Waals surface area contributed by atoms with Crippen molar-refractivity contribution in [2.24, 2.45) is 0 Å². The van der Waals surface area contributed by atoms with Crippen LogP contribution >= 0.6 is 0 Å². The standard InChI is InChI=1S/C16H9N3O/c17-9-13-11-5-7-19-8-6-18-16(19)14(11)10-3-1-2-4-12(10)15(13)20/h1-8,20H. The van der Waals surface area contributed by atoms with E-state index in [1.54, 1.807) is 6.20 Å². The van der Waals surface area contributed by atoms with Gasteiger partial charge in [-0.25, -0.2) is 4.98 Å². The van der Waals surface area contributed by atoms with Crippen molar-refractivity contribution in [2.45, 2.75) is 0 Å². The number of benzene rings is 2. The third-order valence-corrected chi connectivity index (χ3v) is 3.63. The second-order valence-electron chi connectivity index (χ2n) is 4.64. The normalized spacial score (nSPS) is 11.2. The minimum atomic E-state index is 0.0338. The second kappa shape index (κ2) is 3.72. The summed E-state index contributed by atoms with van der Waals surface area (Å²) in [5.74, 6) is 0.0338. The molecule has 4 nitrogen and oxygen atoms in total. The molecule has 4 heteroatoms. The van der Waals surface area contributed by atoms with Crippen molar-refractivity contribution in [3.05, 3.63) is 54.5 Å². The highest BCUT2D eigenvalue weighted by Gasteiger charge is 2.15. The Balaban J connectivity index is 2.45. The lowest BCUT2D eigenvalue weighted by molar-refractivity contribution is 0.481. The number of rotatable bonds is 0. The van der Waals surface area contributed by atoms with Crippen LogP contribution < -0.4 is 0 Å². The molecule has 2 heterocycles. The van der Waals surface area contributed by atoms with Crippen molar-refractivity contribution in [3.8, 4) is 11.8 Å². The first-order chi connectivity index (χ1) is 9.81. The van der Waals surface area contributed by atoms with Gasteiger partial charge in [-0.3, -0.25) is 0 Å². The summed E-state index contributed by atoms with van der Waals surface area (Å²) >= 11 is 0. The Labute approximate surface area is 114 Å². The predicted octanol–water partition coefficient (Wildman–Crippen LogP) is 3.22. The Hall–Kier alpha value is -3.06. The SMILES string of the molecule is N#Cc1c(O)c2ccccc2c2c1ccn1ccnc21. The summed E-state index contributed by atoms with van der Waals surface area (Å²) in [5.41, 5.74) is 1.08. The zero-order chi connectivity index (χ0) is 13.7. The Morgan fingerprint density at radius 3 is 2.65 bits per heavy atom. The lowest BCUT2D eigenvalue weighted by Gasteiger charge is -2.10. The lowest BCUT2D eigenvalue weighted by atomic mass is 9.97. The minimum Gasteiger partial charge on any atom is -0.506 e. The van der Waals surface area contributed by atoms with E-state index < -0.39 is 0 Å². The van der Waals surface area contributed by atoms with Crippen LogP contribution in [-0.2, 0) is 0 Å². The summed E-state index contributed by atoms with van der Waals surface area (Å²) in [6.07, 6.45) is 5.44. The van der Waals surface area contributed by atoms with Gasteiger partial charge in [-0.1, -0.05) is 24.3 Å². The highest BCUT2D eigenvalue weighted by atomic mass is 16.3. The maximum atomic E-state index is 10.3. The smallest absolute Gasteiger partial charge is 0.145 e. The fourth-order valence-electron chi connectivity index (χ4n) is 2.74. The molecule has 0 amide bonds. The molecule has 0 atom stereocenters. The van der Waals surface area contributed by atoms with E-state index in [2.05, 4.69) is 11.1 Å². The zero-order valence-corrected chi connectivity index (χ0v) is 10.4. The van der Waals surface area contributed by atoms with Crippen LogP contribution in [0.2, 0.25) is 0 Å². The minimum absolute atomic E-state index is 0.0338. The first kappa shape index (κ1) is 10.8. The summed E-state index contributed by atoms with van der Waals surface area (Å²) in [7, 11) is 0. The Morgan fingerprint density at radius 1 is 1.05 bits per heavy atom. The van der Waals surface area contributed by atoms with Crippen LogP contribution in [0.15, 0.2) is 48.9 Å². The van der Waals surface area contributed by atoms with Crippen molar-refractivity contribution in [1.82, 2.24) is 9.38 Å². The maximum absolute atomic E-state index is 10.3. The molecule has 0 aliphatic carbocycles. The van der Waals surface area contributed by atoms with E-state index in [1.807, 2.05) is 47.1 Å². The molecule has 1 N–H and O–H groups in total. The average molecular weight is 259 g/mol. The molecule has 0 aliphatic rings. The molecule has 0 radical (unpaired) electrons. The summed E-state index contributed by atoms with van der Waals surface area (Å²) in [5, 5.41) is 22.9. The molecule has 0 aliphatic heterocycles. The number of hydrogen-bond acceptors (Lipinski definition) is 3. The van der Waals surface area contributed by atoms with Crippen molar-refractivity contribution >= 4 is 27.2 Å². The molecule has 0 saturated heterocycles. The molecule has 0 saturated carbocycles. The molecule has 0 fully saturated rings. The molecule has 4 aromatic rings. The van der Waals surface area contributed by atoms with Crippen molar-refractivity contribution in [3.63, 3.8) is 0 Å². The van der Waals surface area contributed by atoms with Gasteiger partial charge in [-0.2, -0.15) is 5.26 Å². The predicted molar refractivity (Wildman–Crippen MR) is 76.6 cm³/mol. The van der Waals surface area contributed by atoms with E-state index in [0.29, 0.717) is 10.9 Å². The van der Waals surface area contributed by atoms with Gasteiger partial charge < -0.3 is 9.51 Å². The van der Waals surface area contributed by atoms with Crippen LogP contribution in [0.25, 0.3) is 27.2 Å². The molecule has 94 valence electrons. The van der Waals surface area contributed by atoms with E-state index in [9.17, 15) is 10.4 Å². The van der Waals surface area contributed by atoms with E-state index in [-0.39, 0.29) is 5.75 Å². The van der Waals surface area contributed by atoms with Gasteiger partial charge in [-0.05, 0) is 11.5 Å². The Kier molecular flexibility index (Phi) is 2.01. The number of phenolic OH excluding ortho intramolecular Hbond substituents is 1. The quantitative estimate of drug-likeness (QED) is 0.493. The fourth-order valence-corrected chi connectivity index (χ4v) is 2.74.